The number of nitrogens with one attached hydrogen (secondary N) is 2. The summed E-state index contributed by atoms with van der Waals surface area (Å²) in [6, 6.07) is 24.7. The summed E-state index contributed by atoms with van der Waals surface area (Å²) in [6.07, 6.45) is 3.22. The fourth-order valence-corrected chi connectivity index (χ4v) is 4.15. The number of nitrogens with zero attached hydrogens (tertiary/aromatic N) is 1. The number of aryl methyl sites for hydroxylation is 1. The first-order valence-electron chi connectivity index (χ1n) is 11.3. The van der Waals surface area contributed by atoms with Gasteiger partial charge in [0.15, 0.2) is 0 Å². The number of aromatic nitrogens is 1. The van der Waals surface area contributed by atoms with Crippen molar-refractivity contribution in [2.75, 3.05) is 32.6 Å². The van der Waals surface area contributed by atoms with E-state index in [1.54, 1.807) is 7.11 Å². The number of hydrogen-bond donors (Lipinski definition) is 2. The lowest BCUT2D eigenvalue weighted by atomic mass is 9.90. The molecule has 1 unspecified atom stereocenters. The van der Waals surface area contributed by atoms with Crippen LogP contribution in [-0.4, -0.2) is 38.6 Å². The lowest BCUT2D eigenvalue weighted by Crippen LogP contribution is -2.29. The Kier molecular flexibility index (Phi) is 6.98. The highest BCUT2D eigenvalue weighted by Crippen LogP contribution is 2.31. The molecule has 0 aliphatic heterocycles. The largest absolute Gasteiger partial charge is 0.497 e. The lowest BCUT2D eigenvalue weighted by Gasteiger charge is -2.20. The van der Waals surface area contributed by atoms with Gasteiger partial charge in [-0.1, -0.05) is 42.5 Å². The van der Waals surface area contributed by atoms with Crippen LogP contribution in [0.15, 0.2) is 79.0 Å². The topological polar surface area (TPSA) is 57.4 Å². The summed E-state index contributed by atoms with van der Waals surface area (Å²) < 4.78 is 5.20. The van der Waals surface area contributed by atoms with Gasteiger partial charge in [0.25, 0.3) is 0 Å². The van der Waals surface area contributed by atoms with E-state index in [9.17, 15) is 4.79 Å². The summed E-state index contributed by atoms with van der Waals surface area (Å²) in [6.45, 7) is 0.546. The van der Waals surface area contributed by atoms with Crippen molar-refractivity contribution >= 4 is 22.5 Å². The van der Waals surface area contributed by atoms with Crippen LogP contribution >= 0.6 is 0 Å². The molecule has 1 amide bonds. The molecule has 5 heteroatoms. The third kappa shape index (κ3) is 5.37. The van der Waals surface area contributed by atoms with E-state index >= 15 is 0 Å². The van der Waals surface area contributed by atoms with Crippen molar-refractivity contribution in [2.45, 2.75) is 18.8 Å². The quantitative estimate of drug-likeness (QED) is 0.379. The fourth-order valence-electron chi connectivity index (χ4n) is 4.15. The summed E-state index contributed by atoms with van der Waals surface area (Å²) in [5.74, 6) is 0.938. The maximum absolute atomic E-state index is 12.7. The first kappa shape index (κ1) is 22.5. The smallest absolute Gasteiger partial charge is 0.220 e. The first-order valence-corrected chi connectivity index (χ1v) is 11.3. The molecular formula is C28H31N3O2. The highest BCUT2D eigenvalue weighted by Gasteiger charge is 2.19. The number of carbonyl (C=O) groups excluding carboxylic acids is 1. The Morgan fingerprint density at radius 2 is 1.73 bits per heavy atom. The van der Waals surface area contributed by atoms with Gasteiger partial charge in [-0.3, -0.25) is 4.79 Å². The highest BCUT2D eigenvalue weighted by molar-refractivity contribution is 5.84. The monoisotopic (exact) mass is 441 g/mol. The SMILES string of the molecule is COc1ccc(CCC(=O)NCC(c2ccc(N(C)C)cc2)c2c[nH]c3ccccc23)cc1. The summed E-state index contributed by atoms with van der Waals surface area (Å²) in [4.78, 5) is 18.2. The number of benzene rings is 3. The second-order valence-electron chi connectivity index (χ2n) is 8.48. The van der Waals surface area contributed by atoms with E-state index in [0.717, 1.165) is 22.5 Å². The molecule has 5 nitrogen and oxygen atoms in total. The van der Waals surface area contributed by atoms with Crippen LogP contribution in [0.25, 0.3) is 10.9 Å². The second-order valence-corrected chi connectivity index (χ2v) is 8.48. The minimum atomic E-state index is 0.0561. The van der Waals surface area contributed by atoms with Gasteiger partial charge in [-0.2, -0.15) is 0 Å². The zero-order valence-corrected chi connectivity index (χ0v) is 19.5. The van der Waals surface area contributed by atoms with E-state index in [1.165, 1.54) is 16.5 Å². The van der Waals surface area contributed by atoms with Gasteiger partial charge in [0.05, 0.1) is 7.11 Å². The molecule has 4 rings (SSSR count). The van der Waals surface area contributed by atoms with Crippen molar-refractivity contribution < 1.29 is 9.53 Å². The number of rotatable bonds is 9. The molecule has 4 aromatic rings. The Labute approximate surface area is 195 Å². The molecule has 3 aromatic carbocycles. The van der Waals surface area contributed by atoms with E-state index in [2.05, 4.69) is 63.9 Å². The molecule has 2 N–H and O–H groups in total. The Hall–Kier alpha value is -3.73. The van der Waals surface area contributed by atoms with Gasteiger partial charge in [0.2, 0.25) is 5.91 Å². The molecule has 33 heavy (non-hydrogen) atoms. The number of fused-ring (bicyclic) bond motifs is 1. The Bertz CT molecular complexity index is 1190. The van der Waals surface area contributed by atoms with Gasteiger partial charge in [0.1, 0.15) is 5.75 Å². The van der Waals surface area contributed by atoms with Gasteiger partial charge in [-0.05, 0) is 53.4 Å². The Balaban J connectivity index is 1.49. The maximum atomic E-state index is 12.7. The van der Waals surface area contributed by atoms with Crippen LogP contribution in [-0.2, 0) is 11.2 Å². The number of para-hydroxylation sites is 1. The normalized spacial score (nSPS) is 11.8. The standard InChI is InChI=1S/C28H31N3O2/c1-31(2)22-13-11-21(12-14-22)25(26-19-29-27-7-5-4-6-24(26)27)18-30-28(32)17-10-20-8-15-23(33-3)16-9-20/h4-9,11-16,19,25,29H,10,17-18H2,1-3H3,(H,30,32). The van der Waals surface area contributed by atoms with Gasteiger partial charge in [0, 0.05) is 55.8 Å². The van der Waals surface area contributed by atoms with Crippen molar-refractivity contribution in [1.29, 1.82) is 0 Å². The zero-order chi connectivity index (χ0) is 23.2. The number of methoxy groups -OCH3 is 1. The third-order valence-electron chi connectivity index (χ3n) is 6.11. The predicted molar refractivity (Wildman–Crippen MR) is 135 cm³/mol. The zero-order valence-electron chi connectivity index (χ0n) is 19.5. The molecule has 0 aliphatic carbocycles. The number of anilines is 1. The summed E-state index contributed by atoms with van der Waals surface area (Å²) >= 11 is 0. The van der Waals surface area contributed by atoms with Crippen molar-refractivity contribution in [2.24, 2.45) is 0 Å². The van der Waals surface area contributed by atoms with E-state index < -0.39 is 0 Å². The minimum absolute atomic E-state index is 0.0561. The molecule has 170 valence electrons. The number of ether oxygens (including phenoxy) is 1. The average Bonchev–Trinajstić information content (AvgIpc) is 3.27. The maximum Gasteiger partial charge on any atom is 0.220 e. The predicted octanol–water partition coefficient (Wildman–Crippen LogP) is 5.12. The van der Waals surface area contributed by atoms with Gasteiger partial charge < -0.3 is 19.9 Å². The van der Waals surface area contributed by atoms with E-state index in [-0.39, 0.29) is 11.8 Å². The summed E-state index contributed by atoms with van der Waals surface area (Å²) in [5.41, 5.74) is 5.76. The van der Waals surface area contributed by atoms with E-state index in [1.807, 2.05) is 44.4 Å². The number of amides is 1. The molecule has 0 radical (unpaired) electrons. The van der Waals surface area contributed by atoms with E-state index in [0.29, 0.717) is 19.4 Å². The minimum Gasteiger partial charge on any atom is -0.497 e. The van der Waals surface area contributed by atoms with Crippen LogP contribution in [0.5, 0.6) is 5.75 Å². The number of carbonyl (C=O) groups is 1. The number of aromatic amines is 1. The second kappa shape index (κ2) is 10.3. The molecule has 0 fully saturated rings. The van der Waals surface area contributed by atoms with Crippen LogP contribution in [0.3, 0.4) is 0 Å². The molecule has 0 saturated carbocycles. The summed E-state index contributed by atoms with van der Waals surface area (Å²) in [5, 5.41) is 4.36. The van der Waals surface area contributed by atoms with Crippen molar-refractivity contribution in [1.82, 2.24) is 10.3 Å². The highest BCUT2D eigenvalue weighted by atomic mass is 16.5. The van der Waals surface area contributed by atoms with Crippen molar-refractivity contribution in [3.8, 4) is 5.75 Å². The molecular weight excluding hydrogens is 410 g/mol. The van der Waals surface area contributed by atoms with E-state index in [4.69, 9.17) is 4.74 Å². The van der Waals surface area contributed by atoms with Gasteiger partial charge in [-0.25, -0.2) is 0 Å². The van der Waals surface area contributed by atoms with Crippen LogP contribution in [0.4, 0.5) is 5.69 Å². The molecule has 1 atom stereocenters. The fraction of sp³-hybridized carbons (Fsp3) is 0.250. The molecule has 1 aromatic heterocycles. The Morgan fingerprint density at radius 3 is 2.42 bits per heavy atom. The molecule has 1 heterocycles. The molecule has 0 aliphatic rings. The van der Waals surface area contributed by atoms with Gasteiger partial charge in [-0.15, -0.1) is 0 Å². The summed E-state index contributed by atoms with van der Waals surface area (Å²) in [7, 11) is 5.73. The first-order chi connectivity index (χ1) is 16.0. The molecule has 0 saturated heterocycles. The van der Waals surface area contributed by atoms with Crippen molar-refractivity contribution in [3.05, 3.63) is 95.7 Å². The number of H-pyrrole nitrogens is 1. The van der Waals surface area contributed by atoms with Crippen LogP contribution < -0.4 is 15.0 Å². The van der Waals surface area contributed by atoms with Gasteiger partial charge >= 0.3 is 0 Å². The van der Waals surface area contributed by atoms with Crippen molar-refractivity contribution in [3.63, 3.8) is 0 Å². The molecule has 0 spiro atoms. The molecule has 0 bridgehead atoms. The van der Waals surface area contributed by atoms with Crippen LogP contribution in [0.2, 0.25) is 0 Å². The average molecular weight is 442 g/mol. The lowest BCUT2D eigenvalue weighted by molar-refractivity contribution is -0.121. The number of hydrogen-bond acceptors (Lipinski definition) is 3. The van der Waals surface area contributed by atoms with Crippen LogP contribution in [0, 0.1) is 0 Å². The van der Waals surface area contributed by atoms with Crippen LogP contribution in [0.1, 0.15) is 29.0 Å². The Morgan fingerprint density at radius 1 is 1.00 bits per heavy atom. The third-order valence-corrected chi connectivity index (χ3v) is 6.11.